The van der Waals surface area contributed by atoms with Gasteiger partial charge in [-0.2, -0.15) is 0 Å². The van der Waals surface area contributed by atoms with Gasteiger partial charge >= 0.3 is 11.9 Å². The molecule has 0 spiro atoms. The van der Waals surface area contributed by atoms with Crippen LogP contribution in [0.4, 0.5) is 0 Å². The molecule has 0 heterocycles. The minimum atomic E-state index is -1.64. The third-order valence-corrected chi connectivity index (χ3v) is 12.0. The molecule has 78 heavy (non-hydrogen) atoms. The van der Waals surface area contributed by atoms with E-state index in [9.17, 15) is 19.5 Å². The Bertz CT molecular complexity index is 1830. The van der Waals surface area contributed by atoms with Gasteiger partial charge in [0.25, 0.3) is 0 Å². The Morgan fingerprint density at radius 3 is 1.10 bits per heavy atom. The van der Waals surface area contributed by atoms with E-state index in [-0.39, 0.29) is 38.6 Å². The van der Waals surface area contributed by atoms with Crippen LogP contribution in [0.5, 0.6) is 0 Å². The molecule has 0 aliphatic rings. The molecular weight excluding hydrogens is 971 g/mol. The summed E-state index contributed by atoms with van der Waals surface area (Å²) in [5.41, 5.74) is 0. The molecule has 0 aromatic carbocycles. The van der Waals surface area contributed by atoms with Gasteiger partial charge in [-0.05, 0) is 128 Å². The van der Waals surface area contributed by atoms with E-state index in [0.717, 1.165) is 148 Å². The van der Waals surface area contributed by atoms with Gasteiger partial charge in [0.2, 0.25) is 0 Å². The van der Waals surface area contributed by atoms with Crippen molar-refractivity contribution in [3.05, 3.63) is 158 Å². The number of hydrogen-bond acceptors (Lipinski definition) is 8. The minimum Gasteiger partial charge on any atom is -0.545 e. The maximum absolute atomic E-state index is 12.8. The van der Waals surface area contributed by atoms with E-state index in [1.165, 1.54) is 19.3 Å². The van der Waals surface area contributed by atoms with E-state index in [4.69, 9.17) is 18.9 Å². The molecule has 0 fully saturated rings. The number of quaternary nitrogens is 1. The van der Waals surface area contributed by atoms with Crippen molar-refractivity contribution in [3.8, 4) is 0 Å². The summed E-state index contributed by atoms with van der Waals surface area (Å²) >= 11 is 0. The Morgan fingerprint density at radius 1 is 0.397 bits per heavy atom. The number of carbonyl (C=O) groups is 3. The Balaban J connectivity index is 4.23. The van der Waals surface area contributed by atoms with Crippen LogP contribution in [-0.2, 0) is 33.3 Å². The molecule has 0 aliphatic heterocycles. The number of hydrogen-bond donors (Lipinski definition) is 0. The van der Waals surface area contributed by atoms with Crippen LogP contribution >= 0.6 is 0 Å². The number of likely N-dealkylation sites (N-methyl/N-ethyl adjacent to an activating group) is 1. The van der Waals surface area contributed by atoms with Crippen molar-refractivity contribution in [2.24, 2.45) is 0 Å². The van der Waals surface area contributed by atoms with E-state index in [2.05, 4.69) is 172 Å². The average molecular weight is 1080 g/mol. The molecule has 0 rings (SSSR count). The van der Waals surface area contributed by atoms with Gasteiger partial charge in [-0.1, -0.05) is 217 Å². The molecule has 2 atom stereocenters. The van der Waals surface area contributed by atoms with Gasteiger partial charge in [-0.25, -0.2) is 0 Å². The first-order chi connectivity index (χ1) is 38.1. The van der Waals surface area contributed by atoms with Crippen LogP contribution in [0, 0.1) is 0 Å². The zero-order valence-electron chi connectivity index (χ0n) is 49.7. The highest BCUT2D eigenvalue weighted by molar-refractivity contribution is 5.70. The van der Waals surface area contributed by atoms with Crippen LogP contribution in [0.1, 0.15) is 200 Å². The molecule has 0 aromatic heterocycles. The molecule has 2 unspecified atom stereocenters. The molecule has 438 valence electrons. The Labute approximate surface area is 476 Å². The third kappa shape index (κ3) is 58.6. The smallest absolute Gasteiger partial charge is 0.306 e. The quantitative estimate of drug-likeness (QED) is 0.0195. The highest BCUT2D eigenvalue weighted by Crippen LogP contribution is 2.12. The Hall–Kier alpha value is -5.09. The third-order valence-electron chi connectivity index (χ3n) is 12.0. The predicted molar refractivity (Wildman–Crippen MR) is 328 cm³/mol. The summed E-state index contributed by atoms with van der Waals surface area (Å²) < 4.78 is 22.6. The van der Waals surface area contributed by atoms with Gasteiger partial charge in [-0.3, -0.25) is 9.59 Å². The monoisotopic (exact) mass is 1080 g/mol. The lowest BCUT2D eigenvalue weighted by atomic mass is 10.1. The van der Waals surface area contributed by atoms with Crippen molar-refractivity contribution in [3.63, 3.8) is 0 Å². The number of nitrogens with zero attached hydrogens (tertiary/aromatic N) is 1. The predicted octanol–water partition coefficient (Wildman–Crippen LogP) is 16.8. The minimum absolute atomic E-state index is 0.133. The number of unbranched alkanes of at least 4 members (excludes halogenated alkanes) is 12. The van der Waals surface area contributed by atoms with Crippen LogP contribution in [0.25, 0.3) is 0 Å². The van der Waals surface area contributed by atoms with E-state index in [0.29, 0.717) is 17.4 Å². The molecule has 0 saturated heterocycles. The second-order valence-corrected chi connectivity index (χ2v) is 20.5. The molecular formula is C69H109NO8. The van der Waals surface area contributed by atoms with Crippen molar-refractivity contribution in [2.75, 3.05) is 47.5 Å². The number of carboxylic acid groups (broad SMARTS) is 1. The summed E-state index contributed by atoms with van der Waals surface area (Å²) in [6.07, 6.45) is 83.1. The molecule has 0 radical (unpaired) electrons. The lowest BCUT2D eigenvalue weighted by Gasteiger charge is -2.26. The second kappa shape index (κ2) is 58.1. The zero-order valence-corrected chi connectivity index (χ0v) is 49.7. The SMILES string of the molecule is CC/C=C\C/C=C\C/C=C\C/C=C\C/C=C\C/C=C\C/C=C\C/C=C\C/C=C\C/C=C\C/C=C\C/C=C\CCCCCCC(=O)OC(COC(=O)CCCCCCC/C=C\CCCCC)COC(OCC[N+](C)(C)C)C(=O)[O-]. The molecule has 0 N–H and O–H groups in total. The fourth-order valence-electron chi connectivity index (χ4n) is 7.39. The van der Waals surface area contributed by atoms with Gasteiger partial charge in [0.1, 0.15) is 13.2 Å². The summed E-state index contributed by atoms with van der Waals surface area (Å²) in [6, 6.07) is 0. The number of allylic oxidation sites excluding steroid dienone is 26. The fourth-order valence-corrected chi connectivity index (χ4v) is 7.39. The van der Waals surface area contributed by atoms with Crippen LogP contribution in [-0.4, -0.2) is 82.3 Å². The highest BCUT2D eigenvalue weighted by Gasteiger charge is 2.22. The zero-order chi connectivity index (χ0) is 56.9. The standard InChI is InChI=1S/C69H109NO8/c1-6-8-10-12-14-16-18-20-21-22-23-24-25-26-27-28-29-30-31-32-33-34-35-36-37-38-39-40-41-42-43-44-45-46-47-48-50-52-54-56-58-60-67(72)78-65(64-77-69(68(73)74)75-62-61-70(3,4)5)63-76-66(71)59-57-55-53-51-49-19-17-15-13-11-9-7-2/h8,10,14-17,20-21,23-24,26-27,29-30,32-33,35-36,38-39,41-42,44-45,47-48,65,69H,6-7,9,11-13,18-19,22,25,28,31,34,37,40,43,46,49-64H2,1-5H3/b10-8-,16-14-,17-15-,21-20-,24-23-,27-26-,30-29-,33-32-,36-35-,39-38-,42-41-,45-44-,48-47-. The molecule has 0 bridgehead atoms. The average Bonchev–Trinajstić information content (AvgIpc) is 3.41. The summed E-state index contributed by atoms with van der Waals surface area (Å²) in [6.45, 7) is 4.53. The fraction of sp³-hybridized carbons (Fsp3) is 0.580. The normalized spacial score (nSPS) is 13.9. The van der Waals surface area contributed by atoms with Gasteiger partial charge in [0.05, 0.1) is 40.3 Å². The van der Waals surface area contributed by atoms with Crippen LogP contribution in [0.3, 0.4) is 0 Å². The van der Waals surface area contributed by atoms with Gasteiger partial charge in [0.15, 0.2) is 12.4 Å². The first-order valence-electron chi connectivity index (χ1n) is 30.1. The van der Waals surface area contributed by atoms with Gasteiger partial charge in [0, 0.05) is 12.8 Å². The Kier molecular flexibility index (Phi) is 54.3. The summed E-state index contributed by atoms with van der Waals surface area (Å²) in [5.74, 6) is -2.35. The number of aliphatic carboxylic acids is 1. The maximum Gasteiger partial charge on any atom is 0.306 e. The second-order valence-electron chi connectivity index (χ2n) is 20.5. The van der Waals surface area contributed by atoms with Crippen molar-refractivity contribution < 1.29 is 42.9 Å². The lowest BCUT2D eigenvalue weighted by molar-refractivity contribution is -0.870. The van der Waals surface area contributed by atoms with Gasteiger partial charge in [-0.15, -0.1) is 0 Å². The molecule has 0 amide bonds. The molecule has 0 aromatic rings. The molecule has 0 aliphatic carbocycles. The van der Waals surface area contributed by atoms with E-state index >= 15 is 0 Å². The number of carboxylic acids is 1. The Morgan fingerprint density at radius 2 is 0.731 bits per heavy atom. The number of esters is 2. The van der Waals surface area contributed by atoms with Crippen molar-refractivity contribution in [1.29, 1.82) is 0 Å². The number of ether oxygens (including phenoxy) is 4. The van der Waals surface area contributed by atoms with E-state index < -0.39 is 24.3 Å². The highest BCUT2D eigenvalue weighted by atomic mass is 16.7. The van der Waals surface area contributed by atoms with Crippen molar-refractivity contribution in [1.82, 2.24) is 0 Å². The summed E-state index contributed by atoms with van der Waals surface area (Å²) in [4.78, 5) is 37.2. The first kappa shape index (κ1) is 72.9. The van der Waals surface area contributed by atoms with Crippen LogP contribution in [0.2, 0.25) is 0 Å². The lowest BCUT2D eigenvalue weighted by Crippen LogP contribution is -2.44. The molecule has 9 nitrogen and oxygen atoms in total. The molecule has 9 heteroatoms. The number of carbonyl (C=O) groups excluding carboxylic acids is 3. The molecule has 0 saturated carbocycles. The van der Waals surface area contributed by atoms with Crippen LogP contribution in [0.15, 0.2) is 158 Å². The topological polar surface area (TPSA) is 111 Å². The van der Waals surface area contributed by atoms with Crippen molar-refractivity contribution in [2.45, 2.75) is 212 Å². The summed E-state index contributed by atoms with van der Waals surface area (Å²) in [7, 11) is 5.89. The summed E-state index contributed by atoms with van der Waals surface area (Å²) in [5, 5.41) is 11.7. The maximum atomic E-state index is 12.8. The van der Waals surface area contributed by atoms with E-state index in [1.807, 2.05) is 21.1 Å². The van der Waals surface area contributed by atoms with Crippen molar-refractivity contribution >= 4 is 17.9 Å². The first-order valence-corrected chi connectivity index (χ1v) is 30.1. The van der Waals surface area contributed by atoms with Crippen LogP contribution < -0.4 is 5.11 Å². The van der Waals surface area contributed by atoms with E-state index in [1.54, 1.807) is 0 Å². The largest absolute Gasteiger partial charge is 0.545 e. The number of rotatable bonds is 53. The van der Waals surface area contributed by atoms with Gasteiger partial charge < -0.3 is 33.3 Å².